The smallest absolute Gasteiger partial charge is 0.337 e. The van der Waals surface area contributed by atoms with Crippen LogP contribution in [0.3, 0.4) is 0 Å². The molecule has 0 aliphatic rings. The van der Waals surface area contributed by atoms with Gasteiger partial charge in [0.1, 0.15) is 5.69 Å². The van der Waals surface area contributed by atoms with Gasteiger partial charge in [0.25, 0.3) is 5.69 Å². The van der Waals surface area contributed by atoms with Crippen molar-refractivity contribution in [2.75, 3.05) is 12.4 Å². The number of methoxy groups -OCH3 is 1. The van der Waals surface area contributed by atoms with E-state index < -0.39 is 10.9 Å². The number of anilines is 1. The van der Waals surface area contributed by atoms with Crippen LogP contribution < -0.4 is 5.32 Å². The van der Waals surface area contributed by atoms with Crippen LogP contribution in [-0.4, -0.2) is 23.5 Å². The highest BCUT2D eigenvalue weighted by atomic mass is 16.6. The topological polar surface area (TPSA) is 81.5 Å². The lowest BCUT2D eigenvalue weighted by Crippen LogP contribution is -2.36. The Morgan fingerprint density at radius 2 is 1.86 bits per heavy atom. The summed E-state index contributed by atoms with van der Waals surface area (Å²) >= 11 is 0. The van der Waals surface area contributed by atoms with E-state index in [-0.39, 0.29) is 11.2 Å². The van der Waals surface area contributed by atoms with Crippen molar-refractivity contribution < 1.29 is 14.5 Å². The number of esters is 1. The molecular formula is C15H22N2O4. The Morgan fingerprint density at radius 1 is 1.29 bits per heavy atom. The molecule has 1 aromatic carbocycles. The zero-order valence-corrected chi connectivity index (χ0v) is 12.9. The molecule has 116 valence electrons. The van der Waals surface area contributed by atoms with Crippen LogP contribution in [0.2, 0.25) is 0 Å². The highest BCUT2D eigenvalue weighted by molar-refractivity contribution is 5.91. The molecule has 0 aliphatic heterocycles. The van der Waals surface area contributed by atoms with Crippen molar-refractivity contribution in [3.05, 3.63) is 33.9 Å². The van der Waals surface area contributed by atoms with Crippen molar-refractivity contribution in [2.24, 2.45) is 0 Å². The van der Waals surface area contributed by atoms with Gasteiger partial charge in [-0.25, -0.2) is 4.79 Å². The molecule has 0 atom stereocenters. The number of carbonyl (C=O) groups is 1. The summed E-state index contributed by atoms with van der Waals surface area (Å²) in [7, 11) is 1.28. The highest BCUT2D eigenvalue weighted by Gasteiger charge is 2.27. The van der Waals surface area contributed by atoms with Gasteiger partial charge in [-0.2, -0.15) is 0 Å². The molecule has 21 heavy (non-hydrogen) atoms. The van der Waals surface area contributed by atoms with E-state index in [2.05, 4.69) is 10.1 Å². The number of hydrogen-bond donors (Lipinski definition) is 1. The average molecular weight is 294 g/mol. The molecule has 0 unspecified atom stereocenters. The summed E-state index contributed by atoms with van der Waals surface area (Å²) in [6.45, 7) is 6.11. The normalized spacial score (nSPS) is 11.0. The minimum Gasteiger partial charge on any atom is -0.465 e. The lowest BCUT2D eigenvalue weighted by atomic mass is 9.89. The first-order chi connectivity index (χ1) is 9.92. The van der Waals surface area contributed by atoms with E-state index in [0.717, 1.165) is 19.3 Å². The molecule has 0 radical (unpaired) electrons. The third-order valence-electron chi connectivity index (χ3n) is 4.04. The summed E-state index contributed by atoms with van der Waals surface area (Å²) in [6.07, 6.45) is 2.50. The van der Waals surface area contributed by atoms with Crippen LogP contribution in [0.25, 0.3) is 0 Å². The van der Waals surface area contributed by atoms with Crippen LogP contribution >= 0.6 is 0 Å². The number of benzene rings is 1. The number of nitrogens with one attached hydrogen (secondary N) is 1. The Morgan fingerprint density at radius 3 is 2.29 bits per heavy atom. The van der Waals surface area contributed by atoms with E-state index in [0.29, 0.717) is 11.3 Å². The Hall–Kier alpha value is -2.11. The van der Waals surface area contributed by atoms with Crippen LogP contribution in [-0.2, 0) is 4.74 Å². The second-order valence-corrected chi connectivity index (χ2v) is 4.95. The second-order valence-electron chi connectivity index (χ2n) is 4.95. The van der Waals surface area contributed by atoms with Gasteiger partial charge in [0, 0.05) is 11.6 Å². The fraction of sp³-hybridized carbons (Fsp3) is 0.533. The molecule has 0 aliphatic carbocycles. The number of ether oxygens (including phenoxy) is 1. The zero-order valence-electron chi connectivity index (χ0n) is 12.9. The largest absolute Gasteiger partial charge is 0.465 e. The molecular weight excluding hydrogens is 272 g/mol. The monoisotopic (exact) mass is 294 g/mol. The van der Waals surface area contributed by atoms with Crippen molar-refractivity contribution in [2.45, 2.75) is 45.6 Å². The highest BCUT2D eigenvalue weighted by Crippen LogP contribution is 2.32. The lowest BCUT2D eigenvalue weighted by Gasteiger charge is -2.32. The molecule has 1 N–H and O–H groups in total. The maximum Gasteiger partial charge on any atom is 0.337 e. The molecule has 0 fully saturated rings. The van der Waals surface area contributed by atoms with E-state index >= 15 is 0 Å². The van der Waals surface area contributed by atoms with Crippen molar-refractivity contribution >= 4 is 17.3 Å². The van der Waals surface area contributed by atoms with Gasteiger partial charge in [0.15, 0.2) is 0 Å². The summed E-state index contributed by atoms with van der Waals surface area (Å²) in [5.74, 6) is -0.511. The predicted molar refractivity (Wildman–Crippen MR) is 81.7 cm³/mol. The maximum absolute atomic E-state index is 11.6. The quantitative estimate of drug-likeness (QED) is 0.470. The predicted octanol–water partition coefficient (Wildman–Crippen LogP) is 3.76. The maximum atomic E-state index is 11.6. The van der Waals surface area contributed by atoms with Crippen molar-refractivity contribution in [3.8, 4) is 0 Å². The number of rotatable bonds is 7. The van der Waals surface area contributed by atoms with Gasteiger partial charge < -0.3 is 10.1 Å². The summed E-state index contributed by atoms with van der Waals surface area (Å²) in [5, 5.41) is 14.4. The minimum absolute atomic E-state index is 0.0395. The van der Waals surface area contributed by atoms with Crippen LogP contribution in [0.15, 0.2) is 18.2 Å². The Kier molecular flexibility index (Phi) is 5.69. The van der Waals surface area contributed by atoms with Crippen molar-refractivity contribution in [1.29, 1.82) is 0 Å². The van der Waals surface area contributed by atoms with Gasteiger partial charge >= 0.3 is 5.97 Å². The van der Waals surface area contributed by atoms with E-state index in [9.17, 15) is 14.9 Å². The number of nitro groups is 1. The molecule has 0 bridgehead atoms. The lowest BCUT2D eigenvalue weighted by molar-refractivity contribution is -0.384. The van der Waals surface area contributed by atoms with E-state index in [1.54, 1.807) is 0 Å². The first kappa shape index (κ1) is 16.9. The van der Waals surface area contributed by atoms with Crippen LogP contribution in [0.4, 0.5) is 11.4 Å². The van der Waals surface area contributed by atoms with Gasteiger partial charge in [0.05, 0.1) is 17.6 Å². The van der Waals surface area contributed by atoms with E-state index in [1.807, 2.05) is 20.8 Å². The summed E-state index contributed by atoms with van der Waals surface area (Å²) in [5.41, 5.74) is 0.387. The van der Waals surface area contributed by atoms with Crippen molar-refractivity contribution in [1.82, 2.24) is 0 Å². The van der Waals surface area contributed by atoms with Gasteiger partial charge in [-0.1, -0.05) is 20.8 Å². The van der Waals surface area contributed by atoms with E-state index in [4.69, 9.17) is 0 Å². The first-order valence-corrected chi connectivity index (χ1v) is 7.08. The minimum atomic E-state index is -0.511. The van der Waals surface area contributed by atoms with Gasteiger partial charge in [-0.15, -0.1) is 0 Å². The Bertz CT molecular complexity index is 516. The third kappa shape index (κ3) is 3.71. The number of nitro benzene ring substituents is 1. The fourth-order valence-corrected chi connectivity index (χ4v) is 2.34. The van der Waals surface area contributed by atoms with E-state index in [1.165, 1.54) is 25.3 Å². The SMILES string of the molecule is CCC(CC)(CC)Nc1cc(C(=O)OC)ccc1[N+](=O)[O-]. The molecule has 0 saturated carbocycles. The van der Waals surface area contributed by atoms with Gasteiger partial charge in [-0.05, 0) is 31.4 Å². The molecule has 6 nitrogen and oxygen atoms in total. The standard InChI is InChI=1S/C15H22N2O4/c1-5-15(6-2,7-3)16-12-10-11(14(18)21-4)8-9-13(12)17(19)20/h8-10,16H,5-7H2,1-4H3. The third-order valence-corrected chi connectivity index (χ3v) is 4.04. The molecule has 1 rings (SSSR count). The molecule has 0 aromatic heterocycles. The van der Waals surface area contributed by atoms with Gasteiger partial charge in [-0.3, -0.25) is 10.1 Å². The molecule has 1 aromatic rings. The van der Waals surface area contributed by atoms with Crippen LogP contribution in [0.1, 0.15) is 50.4 Å². The fourth-order valence-electron chi connectivity index (χ4n) is 2.34. The summed E-state index contributed by atoms with van der Waals surface area (Å²) in [4.78, 5) is 22.3. The first-order valence-electron chi connectivity index (χ1n) is 7.08. The summed E-state index contributed by atoms with van der Waals surface area (Å²) < 4.78 is 4.66. The number of nitrogens with zero attached hydrogens (tertiary/aromatic N) is 1. The van der Waals surface area contributed by atoms with Crippen LogP contribution in [0.5, 0.6) is 0 Å². The zero-order chi connectivity index (χ0) is 16.0. The molecule has 0 saturated heterocycles. The van der Waals surface area contributed by atoms with Gasteiger partial charge in [0.2, 0.25) is 0 Å². The number of carbonyl (C=O) groups excluding carboxylic acids is 1. The van der Waals surface area contributed by atoms with Crippen molar-refractivity contribution in [3.63, 3.8) is 0 Å². The Balaban J connectivity index is 3.29. The second kappa shape index (κ2) is 7.06. The van der Waals surface area contributed by atoms with Crippen LogP contribution in [0, 0.1) is 10.1 Å². The summed E-state index contributed by atoms with van der Waals surface area (Å²) in [6, 6.07) is 4.22. The average Bonchev–Trinajstić information content (AvgIpc) is 2.51. The molecule has 6 heteroatoms. The molecule has 0 heterocycles. The molecule has 0 spiro atoms. The molecule has 0 amide bonds. The Labute approximate surface area is 124 Å². The number of hydrogen-bond acceptors (Lipinski definition) is 5.